The normalized spacial score (nSPS) is 16.2. The Morgan fingerprint density at radius 3 is 2.41 bits per heavy atom. The van der Waals surface area contributed by atoms with Gasteiger partial charge in [0.2, 0.25) is 11.8 Å². The summed E-state index contributed by atoms with van der Waals surface area (Å²) >= 11 is 0. The quantitative estimate of drug-likeness (QED) is 0.798. The van der Waals surface area contributed by atoms with Gasteiger partial charge in [-0.1, -0.05) is 62.7 Å². The van der Waals surface area contributed by atoms with Gasteiger partial charge >= 0.3 is 0 Å². The van der Waals surface area contributed by atoms with Gasteiger partial charge in [-0.2, -0.15) is 0 Å². The van der Waals surface area contributed by atoms with E-state index in [1.165, 1.54) is 0 Å². The molecular formula is C23H28N2O2. The monoisotopic (exact) mass is 364 g/mol. The van der Waals surface area contributed by atoms with Crippen LogP contribution in [0.4, 0.5) is 5.69 Å². The first-order valence-corrected chi connectivity index (χ1v) is 9.82. The summed E-state index contributed by atoms with van der Waals surface area (Å²) < 4.78 is 0. The van der Waals surface area contributed by atoms with Gasteiger partial charge in [-0.15, -0.1) is 0 Å². The van der Waals surface area contributed by atoms with Gasteiger partial charge in [-0.3, -0.25) is 9.59 Å². The second kappa shape index (κ2) is 8.85. The van der Waals surface area contributed by atoms with E-state index in [0.717, 1.165) is 36.2 Å². The van der Waals surface area contributed by atoms with Crippen LogP contribution in [-0.2, 0) is 16.1 Å². The molecular weight excluding hydrogens is 336 g/mol. The maximum atomic E-state index is 12.9. The van der Waals surface area contributed by atoms with Crippen molar-refractivity contribution < 1.29 is 9.59 Å². The van der Waals surface area contributed by atoms with Crippen LogP contribution in [0.2, 0.25) is 0 Å². The van der Waals surface area contributed by atoms with Gasteiger partial charge in [0.05, 0.1) is 5.92 Å². The number of rotatable bonds is 7. The molecule has 1 heterocycles. The highest BCUT2D eigenvalue weighted by atomic mass is 16.2. The molecule has 1 aliphatic rings. The Morgan fingerprint density at radius 2 is 1.81 bits per heavy atom. The lowest BCUT2D eigenvalue weighted by atomic mass is 9.85. The zero-order chi connectivity index (χ0) is 19.2. The SMILES string of the molecule is CCC(C)C(C(=O)NCc1ccc(N2CCCC2=O)cc1)c1ccccc1. The first-order chi connectivity index (χ1) is 13.1. The third-order valence-corrected chi connectivity index (χ3v) is 5.44. The zero-order valence-corrected chi connectivity index (χ0v) is 16.2. The molecule has 1 aliphatic heterocycles. The van der Waals surface area contributed by atoms with Crippen LogP contribution in [0.1, 0.15) is 50.2 Å². The first kappa shape index (κ1) is 19.2. The van der Waals surface area contributed by atoms with Crippen LogP contribution >= 0.6 is 0 Å². The minimum atomic E-state index is -0.141. The Bertz CT molecular complexity index is 771. The van der Waals surface area contributed by atoms with Crippen molar-refractivity contribution in [2.75, 3.05) is 11.4 Å². The predicted octanol–water partition coefficient (Wildman–Crippen LogP) is 4.26. The van der Waals surface area contributed by atoms with Crippen molar-refractivity contribution in [3.63, 3.8) is 0 Å². The lowest BCUT2D eigenvalue weighted by Crippen LogP contribution is -2.32. The molecule has 2 unspecified atom stereocenters. The summed E-state index contributed by atoms with van der Waals surface area (Å²) in [4.78, 5) is 26.5. The molecule has 1 saturated heterocycles. The molecule has 2 aromatic carbocycles. The summed E-state index contributed by atoms with van der Waals surface area (Å²) in [5.41, 5.74) is 3.04. The molecule has 2 amide bonds. The van der Waals surface area contributed by atoms with E-state index < -0.39 is 0 Å². The molecule has 0 bridgehead atoms. The number of amides is 2. The smallest absolute Gasteiger partial charge is 0.228 e. The Kier molecular flexibility index (Phi) is 6.28. The topological polar surface area (TPSA) is 49.4 Å². The van der Waals surface area contributed by atoms with E-state index >= 15 is 0 Å². The van der Waals surface area contributed by atoms with E-state index in [1.807, 2.05) is 59.5 Å². The van der Waals surface area contributed by atoms with Crippen molar-refractivity contribution in [2.24, 2.45) is 5.92 Å². The fourth-order valence-corrected chi connectivity index (χ4v) is 3.65. The predicted molar refractivity (Wildman–Crippen MR) is 109 cm³/mol. The average Bonchev–Trinajstić information content (AvgIpc) is 3.13. The van der Waals surface area contributed by atoms with Crippen LogP contribution in [0.5, 0.6) is 0 Å². The Labute approximate surface area is 161 Å². The third kappa shape index (κ3) is 4.57. The van der Waals surface area contributed by atoms with Crippen molar-refractivity contribution >= 4 is 17.5 Å². The minimum Gasteiger partial charge on any atom is -0.351 e. The Hall–Kier alpha value is -2.62. The molecule has 4 nitrogen and oxygen atoms in total. The van der Waals surface area contributed by atoms with Crippen LogP contribution in [-0.4, -0.2) is 18.4 Å². The maximum Gasteiger partial charge on any atom is 0.228 e. The first-order valence-electron chi connectivity index (χ1n) is 9.82. The highest BCUT2D eigenvalue weighted by Gasteiger charge is 2.25. The summed E-state index contributed by atoms with van der Waals surface area (Å²) in [6, 6.07) is 17.9. The minimum absolute atomic E-state index is 0.0642. The molecule has 0 aromatic heterocycles. The standard InChI is InChI=1S/C23H28N2O2/c1-3-17(2)22(19-8-5-4-6-9-19)23(27)24-16-18-11-13-20(14-12-18)25-15-7-10-21(25)26/h4-6,8-9,11-14,17,22H,3,7,10,15-16H2,1-2H3,(H,24,27). The molecule has 142 valence electrons. The lowest BCUT2D eigenvalue weighted by molar-refractivity contribution is -0.123. The van der Waals surface area contributed by atoms with Crippen molar-refractivity contribution in [1.29, 1.82) is 0 Å². The van der Waals surface area contributed by atoms with Gasteiger partial charge in [0.1, 0.15) is 0 Å². The van der Waals surface area contributed by atoms with Crippen LogP contribution in [0.15, 0.2) is 54.6 Å². The molecule has 2 aromatic rings. The molecule has 0 saturated carbocycles. The molecule has 0 aliphatic carbocycles. The van der Waals surface area contributed by atoms with Crippen molar-refractivity contribution in [2.45, 2.75) is 45.6 Å². The largest absolute Gasteiger partial charge is 0.351 e. The molecule has 1 N–H and O–H groups in total. The van der Waals surface area contributed by atoms with Gasteiger partial charge in [-0.25, -0.2) is 0 Å². The molecule has 0 spiro atoms. The number of nitrogens with zero attached hydrogens (tertiary/aromatic N) is 1. The average molecular weight is 364 g/mol. The number of hydrogen-bond donors (Lipinski definition) is 1. The van der Waals surface area contributed by atoms with Crippen LogP contribution in [0, 0.1) is 5.92 Å². The summed E-state index contributed by atoms with van der Waals surface area (Å²) in [5.74, 6) is 0.387. The highest BCUT2D eigenvalue weighted by Crippen LogP contribution is 2.27. The fourth-order valence-electron chi connectivity index (χ4n) is 3.65. The maximum absolute atomic E-state index is 12.9. The Morgan fingerprint density at radius 1 is 1.11 bits per heavy atom. The van der Waals surface area contributed by atoms with E-state index in [0.29, 0.717) is 13.0 Å². The highest BCUT2D eigenvalue weighted by molar-refractivity contribution is 5.95. The summed E-state index contributed by atoms with van der Waals surface area (Å²) in [5, 5.41) is 3.09. The lowest BCUT2D eigenvalue weighted by Gasteiger charge is -2.23. The van der Waals surface area contributed by atoms with Crippen molar-refractivity contribution in [3.05, 3.63) is 65.7 Å². The molecule has 0 radical (unpaired) electrons. The van der Waals surface area contributed by atoms with Gasteiger partial charge in [0.25, 0.3) is 0 Å². The number of hydrogen-bond acceptors (Lipinski definition) is 2. The van der Waals surface area contributed by atoms with E-state index in [9.17, 15) is 9.59 Å². The third-order valence-electron chi connectivity index (χ3n) is 5.44. The second-order valence-corrected chi connectivity index (χ2v) is 7.31. The Balaban J connectivity index is 1.64. The van der Waals surface area contributed by atoms with Crippen LogP contribution in [0.3, 0.4) is 0 Å². The van der Waals surface area contributed by atoms with E-state index in [4.69, 9.17) is 0 Å². The number of carbonyl (C=O) groups excluding carboxylic acids is 2. The summed E-state index contributed by atoms with van der Waals surface area (Å²) in [7, 11) is 0. The molecule has 2 atom stereocenters. The van der Waals surface area contributed by atoms with E-state index in [1.54, 1.807) is 0 Å². The molecule has 1 fully saturated rings. The van der Waals surface area contributed by atoms with E-state index in [2.05, 4.69) is 19.2 Å². The zero-order valence-electron chi connectivity index (χ0n) is 16.2. The van der Waals surface area contributed by atoms with Gasteiger partial charge in [0.15, 0.2) is 0 Å². The summed E-state index contributed by atoms with van der Waals surface area (Å²) in [6.45, 7) is 5.53. The van der Waals surface area contributed by atoms with Gasteiger partial charge in [0, 0.05) is 25.2 Å². The van der Waals surface area contributed by atoms with Gasteiger partial charge < -0.3 is 10.2 Å². The number of nitrogens with one attached hydrogen (secondary N) is 1. The molecule has 3 rings (SSSR count). The van der Waals surface area contributed by atoms with E-state index in [-0.39, 0.29) is 23.7 Å². The summed E-state index contributed by atoms with van der Waals surface area (Å²) in [6.07, 6.45) is 2.51. The second-order valence-electron chi connectivity index (χ2n) is 7.31. The van der Waals surface area contributed by atoms with Crippen molar-refractivity contribution in [1.82, 2.24) is 5.32 Å². The number of carbonyl (C=O) groups is 2. The van der Waals surface area contributed by atoms with Crippen molar-refractivity contribution in [3.8, 4) is 0 Å². The van der Waals surface area contributed by atoms with Crippen LogP contribution < -0.4 is 10.2 Å². The fraction of sp³-hybridized carbons (Fsp3) is 0.391. The molecule has 27 heavy (non-hydrogen) atoms. The van der Waals surface area contributed by atoms with Gasteiger partial charge in [-0.05, 0) is 35.6 Å². The van der Waals surface area contributed by atoms with Crippen LogP contribution in [0.25, 0.3) is 0 Å². The number of anilines is 1. The molecule has 4 heteroatoms. The number of benzene rings is 2.